The van der Waals surface area contributed by atoms with E-state index in [1.165, 1.54) is 18.4 Å². The molecule has 21 heavy (non-hydrogen) atoms. The molecule has 1 unspecified atom stereocenters. The van der Waals surface area contributed by atoms with Gasteiger partial charge in [0.25, 0.3) is 0 Å². The predicted octanol–water partition coefficient (Wildman–Crippen LogP) is 6.36. The second kappa shape index (κ2) is 14.9. The van der Waals surface area contributed by atoms with E-state index in [-0.39, 0.29) is 0 Å². The Bertz CT molecular complexity index is 212. The molecule has 0 bridgehead atoms. The Hall–Kier alpha value is 0.0318. The topological polar surface area (TPSA) is 9.23 Å². The van der Waals surface area contributed by atoms with Crippen LogP contribution in [0, 0.1) is 0 Å². The highest BCUT2D eigenvalue weighted by atomic mass is 28.3. The molecule has 1 nitrogen and oxygen atoms in total. The molecule has 0 amide bonds. The third-order valence-electron chi connectivity index (χ3n) is 4.65. The molecule has 0 N–H and O–H groups in total. The Morgan fingerprint density at radius 1 is 0.952 bits per heavy atom. The lowest BCUT2D eigenvalue weighted by molar-refractivity contribution is 0.162. The summed E-state index contributed by atoms with van der Waals surface area (Å²) in [7, 11) is -4.43. The first-order valence-electron chi connectivity index (χ1n) is 8.43. The fourth-order valence-corrected chi connectivity index (χ4v) is 8.81. The molecule has 0 spiro atoms. The molecule has 1 aliphatic rings. The van der Waals surface area contributed by atoms with Crippen molar-refractivity contribution >= 4 is 15.6 Å². The van der Waals surface area contributed by atoms with Crippen LogP contribution in [0.1, 0.15) is 60.3 Å². The predicted molar refractivity (Wildman–Crippen MR) is 90.7 cm³/mol. The maximum Gasteiger partial charge on any atom is 0.762 e. The monoisotopic (exact) mass is 326 g/mol. The first kappa shape index (κ1) is 23.3. The fraction of sp³-hybridized carbons (Fsp3) is 1.00. The third-order valence-corrected chi connectivity index (χ3v) is 11.2. The summed E-state index contributed by atoms with van der Waals surface area (Å²) >= 11 is 0. The standard InChI is InChI=1S/C11H24Si.C4H10O.BF3/c1-4-11-9-7-8-10-12(11,5-2)6-3;1-3-5-4-2;2-1(3)4/h11H,4-10H2,1-3H3;3-4H2,1-2H3;. The van der Waals surface area contributed by atoms with Gasteiger partial charge in [0.05, 0.1) is 8.07 Å². The molecule has 1 rings (SSSR count). The molecule has 1 saturated heterocycles. The van der Waals surface area contributed by atoms with Gasteiger partial charge in [0.15, 0.2) is 0 Å². The largest absolute Gasteiger partial charge is 0.762 e. The molecule has 1 fully saturated rings. The third kappa shape index (κ3) is 11.3. The lowest BCUT2D eigenvalue weighted by atomic mass is 10.1. The molecular weight excluding hydrogens is 292 g/mol. The molecule has 0 saturated carbocycles. The molecule has 1 aliphatic heterocycles. The van der Waals surface area contributed by atoms with E-state index in [0.717, 1.165) is 13.2 Å². The smallest absolute Gasteiger partial charge is 0.382 e. The van der Waals surface area contributed by atoms with Crippen molar-refractivity contribution in [3.8, 4) is 0 Å². The molecule has 1 atom stereocenters. The minimum Gasteiger partial charge on any atom is -0.382 e. The van der Waals surface area contributed by atoms with Crippen molar-refractivity contribution in [3.05, 3.63) is 0 Å². The summed E-state index contributed by atoms with van der Waals surface area (Å²) in [5.41, 5.74) is 1.17. The average molecular weight is 326 g/mol. The summed E-state index contributed by atoms with van der Waals surface area (Å²) < 4.78 is 33.8. The second-order valence-electron chi connectivity index (χ2n) is 5.45. The minimum atomic E-state index is -3.67. The molecular formula is C15H34BF3OSi. The Morgan fingerprint density at radius 2 is 1.43 bits per heavy atom. The average Bonchev–Trinajstić information content (AvgIpc) is 2.48. The van der Waals surface area contributed by atoms with Crippen LogP contribution in [-0.2, 0) is 4.74 Å². The van der Waals surface area contributed by atoms with Crippen molar-refractivity contribution in [2.75, 3.05) is 13.2 Å². The van der Waals surface area contributed by atoms with E-state index < -0.39 is 15.6 Å². The first-order valence-corrected chi connectivity index (χ1v) is 11.1. The van der Waals surface area contributed by atoms with Crippen LogP contribution < -0.4 is 0 Å². The van der Waals surface area contributed by atoms with Crippen LogP contribution in [0.5, 0.6) is 0 Å². The number of halogens is 3. The van der Waals surface area contributed by atoms with Gasteiger partial charge in [-0.15, -0.1) is 0 Å². The van der Waals surface area contributed by atoms with Crippen molar-refractivity contribution in [3.63, 3.8) is 0 Å². The molecule has 6 heteroatoms. The Kier molecular flexibility index (Phi) is 16.6. The highest BCUT2D eigenvalue weighted by Crippen LogP contribution is 2.44. The SMILES string of the molecule is CCC1CCCC[Si]1(CC)CC.CCOCC.FB(F)F. The van der Waals surface area contributed by atoms with Crippen LogP contribution in [-0.4, -0.2) is 28.8 Å². The van der Waals surface area contributed by atoms with Gasteiger partial charge in [0.2, 0.25) is 0 Å². The van der Waals surface area contributed by atoms with Gasteiger partial charge in [0.1, 0.15) is 0 Å². The van der Waals surface area contributed by atoms with Crippen LogP contribution in [0.25, 0.3) is 0 Å². The summed E-state index contributed by atoms with van der Waals surface area (Å²) in [5, 5.41) is 0. The van der Waals surface area contributed by atoms with Gasteiger partial charge in [-0.2, -0.15) is 0 Å². The molecule has 0 aromatic carbocycles. The number of hydrogen-bond acceptors (Lipinski definition) is 1. The van der Waals surface area contributed by atoms with Gasteiger partial charge in [0, 0.05) is 13.2 Å². The van der Waals surface area contributed by atoms with Gasteiger partial charge in [-0.05, 0) is 19.4 Å². The second-order valence-corrected chi connectivity index (χ2v) is 10.9. The first-order chi connectivity index (χ1) is 9.93. The summed E-state index contributed by atoms with van der Waals surface area (Å²) in [4.78, 5) is 0. The van der Waals surface area contributed by atoms with Crippen molar-refractivity contribution in [1.82, 2.24) is 0 Å². The van der Waals surface area contributed by atoms with E-state index >= 15 is 0 Å². The zero-order valence-electron chi connectivity index (χ0n) is 14.6. The van der Waals surface area contributed by atoms with E-state index in [9.17, 15) is 12.9 Å². The zero-order chi connectivity index (χ0) is 16.7. The summed E-state index contributed by atoms with van der Waals surface area (Å²) in [6.07, 6.45) is 6.09. The van der Waals surface area contributed by atoms with Crippen LogP contribution in [0.4, 0.5) is 12.9 Å². The summed E-state index contributed by atoms with van der Waals surface area (Å²) in [6, 6.07) is 4.72. The molecule has 0 radical (unpaired) electrons. The van der Waals surface area contributed by atoms with E-state index in [1.54, 1.807) is 31.0 Å². The molecule has 128 valence electrons. The van der Waals surface area contributed by atoms with Crippen molar-refractivity contribution < 1.29 is 17.7 Å². The number of hydrogen-bond donors (Lipinski definition) is 0. The van der Waals surface area contributed by atoms with E-state index in [2.05, 4.69) is 20.8 Å². The van der Waals surface area contributed by atoms with E-state index in [1.807, 2.05) is 13.8 Å². The van der Waals surface area contributed by atoms with Crippen molar-refractivity contribution in [1.29, 1.82) is 0 Å². The molecule has 0 aromatic rings. The van der Waals surface area contributed by atoms with Crippen LogP contribution in [0.15, 0.2) is 0 Å². The molecule has 0 aromatic heterocycles. The fourth-order valence-electron chi connectivity index (χ4n) is 3.40. The molecule has 1 heterocycles. The van der Waals surface area contributed by atoms with Crippen LogP contribution in [0.2, 0.25) is 23.7 Å². The van der Waals surface area contributed by atoms with E-state index in [4.69, 9.17) is 4.74 Å². The van der Waals surface area contributed by atoms with Gasteiger partial charge in [-0.25, -0.2) is 0 Å². The van der Waals surface area contributed by atoms with Gasteiger partial charge < -0.3 is 4.74 Å². The van der Waals surface area contributed by atoms with Gasteiger partial charge >= 0.3 is 7.54 Å². The minimum absolute atomic E-state index is 0.760. The Labute approximate surface area is 131 Å². The lowest BCUT2D eigenvalue weighted by Gasteiger charge is -2.41. The number of rotatable bonds is 5. The summed E-state index contributed by atoms with van der Waals surface area (Å²) in [5.74, 6) is 0. The van der Waals surface area contributed by atoms with Crippen molar-refractivity contribution in [2.45, 2.75) is 84.0 Å². The van der Waals surface area contributed by atoms with E-state index in [0.29, 0.717) is 0 Å². The Morgan fingerprint density at radius 3 is 1.67 bits per heavy atom. The maximum atomic E-state index is 9.67. The maximum absolute atomic E-state index is 9.67. The molecule has 0 aliphatic carbocycles. The quantitative estimate of drug-likeness (QED) is 0.534. The highest BCUT2D eigenvalue weighted by Gasteiger charge is 2.38. The number of ether oxygens (including phenoxy) is 1. The van der Waals surface area contributed by atoms with Crippen molar-refractivity contribution in [2.24, 2.45) is 0 Å². The normalized spacial score (nSPS) is 19.7. The van der Waals surface area contributed by atoms with Crippen LogP contribution >= 0.6 is 0 Å². The lowest BCUT2D eigenvalue weighted by Crippen LogP contribution is -2.40. The zero-order valence-corrected chi connectivity index (χ0v) is 15.6. The highest BCUT2D eigenvalue weighted by molar-refractivity contribution is 6.81. The van der Waals surface area contributed by atoms with Crippen LogP contribution in [0.3, 0.4) is 0 Å². The Balaban J connectivity index is 0. The van der Waals surface area contributed by atoms with Gasteiger partial charge in [-0.1, -0.05) is 64.6 Å². The van der Waals surface area contributed by atoms with Gasteiger partial charge in [-0.3, -0.25) is 12.9 Å². The summed E-state index contributed by atoms with van der Waals surface area (Å²) in [6.45, 7) is 13.0.